The number of anilines is 1. The van der Waals surface area contributed by atoms with E-state index in [0.717, 1.165) is 19.3 Å². The third-order valence-corrected chi connectivity index (χ3v) is 10.8. The first-order valence-corrected chi connectivity index (χ1v) is 21.4. The Morgan fingerprint density at radius 3 is 2.14 bits per heavy atom. The Kier molecular flexibility index (Phi) is 18.9. The van der Waals surface area contributed by atoms with Gasteiger partial charge in [-0.05, 0) is 30.7 Å². The lowest BCUT2D eigenvalue weighted by molar-refractivity contribution is -0.0755. The zero-order valence-electron chi connectivity index (χ0n) is 32.4. The quantitative estimate of drug-likeness (QED) is 0.0453. The number of rotatable bonds is 28. The first-order valence-electron chi connectivity index (χ1n) is 19.9. The number of phosphoric ester groups is 1. The lowest BCUT2D eigenvalue weighted by Gasteiger charge is -2.26. The number of nitriles is 2. The second-order valence-electron chi connectivity index (χ2n) is 14.3. The number of nitrogen functional groups attached to an aromatic ring is 1. The summed E-state index contributed by atoms with van der Waals surface area (Å²) >= 11 is 0. The van der Waals surface area contributed by atoms with E-state index in [9.17, 15) is 24.9 Å². The van der Waals surface area contributed by atoms with E-state index in [1.165, 1.54) is 113 Å². The highest BCUT2D eigenvalue weighted by Crippen LogP contribution is 2.47. The van der Waals surface area contributed by atoms with Crippen LogP contribution >= 0.6 is 7.82 Å². The molecule has 1 unspecified atom stereocenters. The summed E-state index contributed by atoms with van der Waals surface area (Å²) in [5, 5.41) is 45.0. The number of nitrogens with zero attached hydrogens (tertiary/aromatic N) is 6. The molecule has 0 spiro atoms. The Morgan fingerprint density at radius 1 is 0.911 bits per heavy atom. The van der Waals surface area contributed by atoms with Crippen LogP contribution in [0.3, 0.4) is 0 Å². The SMILES string of the molecule is CCCCCCCCCCCCCCCCCCOC[C@@H](COP(=O)(O)OC[C@@]1(C#N)O[C@@H](c2ccc3c(N)ncnn23)[C@H](O)[C@@H]1O)Oc1ccc(C#N)nc1. The van der Waals surface area contributed by atoms with Crippen LogP contribution in [-0.2, 0) is 23.1 Å². The molecule has 17 heteroatoms. The van der Waals surface area contributed by atoms with Crippen molar-refractivity contribution in [2.75, 3.05) is 32.2 Å². The molecule has 0 aliphatic carbocycles. The maximum atomic E-state index is 13.0. The lowest BCUT2D eigenvalue weighted by atomic mass is 9.96. The minimum Gasteiger partial charge on any atom is -0.484 e. The Hall–Kier alpha value is -3.70. The van der Waals surface area contributed by atoms with Gasteiger partial charge in [-0.3, -0.25) is 9.05 Å². The minimum absolute atomic E-state index is 0.00983. The number of hydrogen-bond acceptors (Lipinski definition) is 14. The van der Waals surface area contributed by atoms with Gasteiger partial charge in [-0.25, -0.2) is 19.0 Å². The van der Waals surface area contributed by atoms with Gasteiger partial charge in [0, 0.05) is 6.61 Å². The van der Waals surface area contributed by atoms with Gasteiger partial charge in [-0.1, -0.05) is 103 Å². The van der Waals surface area contributed by atoms with Gasteiger partial charge in [0.25, 0.3) is 0 Å². The van der Waals surface area contributed by atoms with Crippen LogP contribution in [0.4, 0.5) is 5.82 Å². The molecule has 3 aromatic rings. The smallest absolute Gasteiger partial charge is 0.472 e. The second-order valence-corrected chi connectivity index (χ2v) is 15.8. The van der Waals surface area contributed by atoms with Crippen LogP contribution in [0.1, 0.15) is 127 Å². The molecule has 0 aromatic carbocycles. The molecular weight excluding hydrogens is 741 g/mol. The molecule has 5 N–H and O–H groups in total. The number of aliphatic hydroxyl groups excluding tert-OH is 2. The molecule has 16 nitrogen and oxygen atoms in total. The van der Waals surface area contributed by atoms with E-state index in [-0.39, 0.29) is 29.6 Å². The maximum absolute atomic E-state index is 13.0. The lowest BCUT2D eigenvalue weighted by Crippen LogP contribution is -2.45. The van der Waals surface area contributed by atoms with Crippen molar-refractivity contribution >= 4 is 19.2 Å². The molecule has 308 valence electrons. The van der Waals surface area contributed by atoms with Crippen LogP contribution in [0.15, 0.2) is 36.8 Å². The predicted octanol–water partition coefficient (Wildman–Crippen LogP) is 6.49. The molecule has 6 atom stereocenters. The second kappa shape index (κ2) is 23.5. The average molecular weight is 800 g/mol. The van der Waals surface area contributed by atoms with Crippen molar-refractivity contribution in [2.45, 2.75) is 140 Å². The molecule has 0 bridgehead atoms. The summed E-state index contributed by atoms with van der Waals surface area (Å²) in [5.74, 6) is 0.448. The van der Waals surface area contributed by atoms with Crippen molar-refractivity contribution in [3.8, 4) is 17.9 Å². The molecular formula is C39H58N7O9P. The zero-order chi connectivity index (χ0) is 40.2. The Balaban J connectivity index is 1.19. The van der Waals surface area contributed by atoms with Crippen LogP contribution in [0.5, 0.6) is 5.75 Å². The number of phosphoric acid groups is 1. The van der Waals surface area contributed by atoms with Gasteiger partial charge in [-0.2, -0.15) is 15.6 Å². The number of pyridine rings is 1. The summed E-state index contributed by atoms with van der Waals surface area (Å²) in [6.07, 6.45) is 17.1. The fraction of sp³-hybridized carbons (Fsp3) is 0.667. The summed E-state index contributed by atoms with van der Waals surface area (Å²) in [5.41, 5.74) is 4.52. The maximum Gasteiger partial charge on any atom is 0.472 e. The van der Waals surface area contributed by atoms with Gasteiger partial charge >= 0.3 is 7.82 Å². The van der Waals surface area contributed by atoms with Gasteiger partial charge in [-0.15, -0.1) is 0 Å². The topological polar surface area (TPSA) is 241 Å². The fourth-order valence-electron chi connectivity index (χ4n) is 6.66. The Morgan fingerprint density at radius 2 is 1.55 bits per heavy atom. The van der Waals surface area contributed by atoms with Crippen molar-refractivity contribution in [3.63, 3.8) is 0 Å². The van der Waals surface area contributed by atoms with Crippen molar-refractivity contribution in [1.29, 1.82) is 10.5 Å². The number of aromatic nitrogens is 4. The molecule has 1 aliphatic rings. The summed E-state index contributed by atoms with van der Waals surface area (Å²) in [6.45, 7) is 1.33. The van der Waals surface area contributed by atoms with Gasteiger partial charge in [0.15, 0.2) is 5.82 Å². The molecule has 0 amide bonds. The van der Waals surface area contributed by atoms with Crippen LogP contribution < -0.4 is 10.5 Å². The molecule has 0 radical (unpaired) electrons. The summed E-state index contributed by atoms with van der Waals surface area (Å²) < 4.78 is 42.4. The normalized spacial score (nSPS) is 21.1. The summed E-state index contributed by atoms with van der Waals surface area (Å²) in [4.78, 5) is 18.5. The molecule has 4 rings (SSSR count). The van der Waals surface area contributed by atoms with E-state index in [0.29, 0.717) is 12.1 Å². The predicted molar refractivity (Wildman–Crippen MR) is 207 cm³/mol. The summed E-state index contributed by atoms with van der Waals surface area (Å²) in [6, 6.07) is 9.85. The number of hydrogen-bond donors (Lipinski definition) is 4. The van der Waals surface area contributed by atoms with E-state index in [1.807, 2.05) is 6.07 Å². The number of ether oxygens (including phenoxy) is 3. The average Bonchev–Trinajstić information content (AvgIpc) is 3.74. The van der Waals surface area contributed by atoms with Gasteiger partial charge in [0.1, 0.15) is 66.4 Å². The van der Waals surface area contributed by atoms with Gasteiger partial charge < -0.3 is 35.1 Å². The molecule has 56 heavy (non-hydrogen) atoms. The van der Waals surface area contributed by atoms with E-state index in [1.54, 1.807) is 18.2 Å². The third-order valence-electron chi connectivity index (χ3n) is 9.91. The monoisotopic (exact) mass is 799 g/mol. The van der Waals surface area contributed by atoms with E-state index in [2.05, 4.69) is 22.0 Å². The van der Waals surface area contributed by atoms with Crippen molar-refractivity contribution < 1.29 is 42.9 Å². The highest BCUT2D eigenvalue weighted by molar-refractivity contribution is 7.47. The number of unbranched alkanes of at least 4 members (excludes halogenated alkanes) is 15. The summed E-state index contributed by atoms with van der Waals surface area (Å²) in [7, 11) is -4.88. The number of nitrogens with two attached hydrogens (primary N) is 1. The standard InChI is InChI=1S/C39H58N7O9P/c1-2-3-4-5-6-7-8-9-10-11-12-13-14-15-16-17-22-51-25-32(54-31-19-18-30(23-40)43-24-31)26-52-56(49,50)53-28-39(27-41)37(48)35(47)36(55-39)33-20-21-34-38(42)44-29-45-46(33)34/h18-21,24,29,32,35-37,47-48H,2-17,22,25-26,28H2,1H3,(H,49,50)(H2,42,44,45)/t32-,35-,36-,37-,39+/m0/s1. The van der Waals surface area contributed by atoms with Crippen molar-refractivity contribution in [1.82, 2.24) is 19.6 Å². The molecule has 1 saturated heterocycles. The molecule has 4 heterocycles. The van der Waals surface area contributed by atoms with E-state index >= 15 is 0 Å². The Bertz CT molecular complexity index is 1730. The van der Waals surface area contributed by atoms with Crippen LogP contribution in [0.25, 0.3) is 5.52 Å². The van der Waals surface area contributed by atoms with Crippen LogP contribution in [0.2, 0.25) is 0 Å². The first-order chi connectivity index (χ1) is 27.1. The van der Waals surface area contributed by atoms with E-state index in [4.69, 9.17) is 34.3 Å². The molecule has 3 aromatic heterocycles. The van der Waals surface area contributed by atoms with Crippen molar-refractivity contribution in [3.05, 3.63) is 48.2 Å². The largest absolute Gasteiger partial charge is 0.484 e. The first kappa shape index (κ1) is 45.0. The van der Waals surface area contributed by atoms with Crippen molar-refractivity contribution in [2.24, 2.45) is 0 Å². The van der Waals surface area contributed by atoms with Gasteiger partial charge in [0.2, 0.25) is 5.60 Å². The minimum atomic E-state index is -4.88. The zero-order valence-corrected chi connectivity index (χ0v) is 33.3. The number of aliphatic hydroxyl groups is 2. The van der Waals surface area contributed by atoms with E-state index < -0.39 is 51.1 Å². The highest BCUT2D eigenvalue weighted by atomic mass is 31.2. The van der Waals surface area contributed by atoms with Crippen LogP contribution in [0, 0.1) is 22.7 Å². The molecule has 0 saturated carbocycles. The van der Waals surface area contributed by atoms with Crippen LogP contribution in [-0.4, -0.2) is 85.0 Å². The number of fused-ring (bicyclic) bond motifs is 1. The fourth-order valence-corrected chi connectivity index (χ4v) is 7.44. The van der Waals surface area contributed by atoms with Gasteiger partial charge in [0.05, 0.1) is 25.1 Å². The third kappa shape index (κ3) is 13.7. The Labute approximate surface area is 329 Å². The highest BCUT2D eigenvalue weighted by Gasteiger charge is 2.57. The molecule has 1 fully saturated rings. The molecule has 1 aliphatic heterocycles.